The third kappa shape index (κ3) is 2.77. The van der Waals surface area contributed by atoms with Crippen molar-refractivity contribution in [2.45, 2.75) is 38.0 Å². The summed E-state index contributed by atoms with van der Waals surface area (Å²) in [6.07, 6.45) is 6.48. The first kappa shape index (κ1) is 13.9. The van der Waals surface area contributed by atoms with Crippen LogP contribution in [0.5, 0.6) is 0 Å². The number of hydrogen-bond acceptors (Lipinski definition) is 4. The highest BCUT2D eigenvalue weighted by atomic mass is 32.1. The molecule has 114 valence electrons. The van der Waals surface area contributed by atoms with Crippen molar-refractivity contribution in [2.24, 2.45) is 0 Å². The summed E-state index contributed by atoms with van der Waals surface area (Å²) in [7, 11) is 0. The third-order valence-electron chi connectivity index (χ3n) is 4.57. The van der Waals surface area contributed by atoms with Crippen LogP contribution in [0.4, 0.5) is 0 Å². The maximum Gasteiger partial charge on any atom is 0.227 e. The quantitative estimate of drug-likeness (QED) is 0.875. The number of hydrogen-bond donors (Lipinski definition) is 0. The molecule has 0 N–H and O–H groups in total. The standard InChI is InChI=1S/C17H19N3OS/c21-16(9-12-5-8-22-10-12)20-6-3-14-15(4-7-20)18-11-19-17(14)13-1-2-13/h5,8,10-11,13H,1-4,6-7,9H2. The molecule has 1 aliphatic heterocycles. The van der Waals surface area contributed by atoms with Crippen molar-refractivity contribution in [2.75, 3.05) is 13.1 Å². The van der Waals surface area contributed by atoms with Gasteiger partial charge in [-0.3, -0.25) is 4.79 Å². The number of carbonyl (C=O) groups is 1. The van der Waals surface area contributed by atoms with E-state index < -0.39 is 0 Å². The largest absolute Gasteiger partial charge is 0.342 e. The number of nitrogens with zero attached hydrogens (tertiary/aromatic N) is 3. The van der Waals surface area contributed by atoms with E-state index in [1.54, 1.807) is 17.7 Å². The summed E-state index contributed by atoms with van der Waals surface area (Å²) in [5, 5.41) is 4.08. The summed E-state index contributed by atoms with van der Waals surface area (Å²) in [4.78, 5) is 23.5. The molecule has 22 heavy (non-hydrogen) atoms. The molecule has 2 aliphatic rings. The Morgan fingerprint density at radius 3 is 2.91 bits per heavy atom. The predicted octanol–water partition coefficient (Wildman–Crippen LogP) is 2.59. The Kier molecular flexibility index (Phi) is 3.66. The molecule has 2 aromatic rings. The lowest BCUT2D eigenvalue weighted by molar-refractivity contribution is -0.130. The van der Waals surface area contributed by atoms with Gasteiger partial charge in [-0.25, -0.2) is 9.97 Å². The normalized spacial score (nSPS) is 17.9. The summed E-state index contributed by atoms with van der Waals surface area (Å²) in [5.74, 6) is 0.872. The van der Waals surface area contributed by atoms with E-state index in [4.69, 9.17) is 0 Å². The maximum atomic E-state index is 12.5. The Labute approximate surface area is 134 Å². The lowest BCUT2D eigenvalue weighted by Crippen LogP contribution is -2.34. The van der Waals surface area contributed by atoms with Crippen molar-refractivity contribution in [3.63, 3.8) is 0 Å². The number of aromatic nitrogens is 2. The molecule has 4 rings (SSSR count). The van der Waals surface area contributed by atoms with E-state index >= 15 is 0 Å². The van der Waals surface area contributed by atoms with E-state index in [-0.39, 0.29) is 5.91 Å². The van der Waals surface area contributed by atoms with Crippen LogP contribution in [0, 0.1) is 0 Å². The fourth-order valence-corrected chi connectivity index (χ4v) is 3.86. The van der Waals surface area contributed by atoms with Crippen LogP contribution in [0.25, 0.3) is 0 Å². The minimum absolute atomic E-state index is 0.229. The number of amides is 1. The van der Waals surface area contributed by atoms with Crippen LogP contribution < -0.4 is 0 Å². The molecule has 0 unspecified atom stereocenters. The van der Waals surface area contributed by atoms with Crippen LogP contribution in [0.2, 0.25) is 0 Å². The van der Waals surface area contributed by atoms with Crippen LogP contribution in [-0.2, 0) is 24.1 Å². The predicted molar refractivity (Wildman–Crippen MR) is 86.0 cm³/mol. The molecule has 5 heteroatoms. The van der Waals surface area contributed by atoms with Crippen LogP contribution >= 0.6 is 11.3 Å². The molecule has 1 saturated carbocycles. The Bertz CT molecular complexity index is 679. The SMILES string of the molecule is O=C(Cc1ccsc1)N1CCc2ncnc(C3CC3)c2CC1. The van der Waals surface area contributed by atoms with Gasteiger partial charge in [-0.15, -0.1) is 0 Å². The average molecular weight is 313 g/mol. The summed E-state index contributed by atoms with van der Waals surface area (Å²) in [6.45, 7) is 1.57. The van der Waals surface area contributed by atoms with E-state index in [9.17, 15) is 4.79 Å². The van der Waals surface area contributed by atoms with E-state index in [1.165, 1.54) is 24.1 Å². The molecule has 4 nitrogen and oxygen atoms in total. The molecule has 0 atom stereocenters. The second kappa shape index (κ2) is 5.80. The summed E-state index contributed by atoms with van der Waals surface area (Å²) < 4.78 is 0. The lowest BCUT2D eigenvalue weighted by Gasteiger charge is -2.19. The highest BCUT2D eigenvalue weighted by Gasteiger charge is 2.30. The smallest absolute Gasteiger partial charge is 0.227 e. The minimum atomic E-state index is 0.229. The van der Waals surface area contributed by atoms with Crippen molar-refractivity contribution < 1.29 is 4.79 Å². The van der Waals surface area contributed by atoms with Gasteiger partial charge in [0.15, 0.2) is 0 Å². The first-order valence-electron chi connectivity index (χ1n) is 7.93. The molecule has 3 heterocycles. The van der Waals surface area contributed by atoms with Gasteiger partial charge >= 0.3 is 0 Å². The molecular weight excluding hydrogens is 294 g/mol. The Morgan fingerprint density at radius 1 is 1.27 bits per heavy atom. The van der Waals surface area contributed by atoms with Crippen LogP contribution in [0.3, 0.4) is 0 Å². The van der Waals surface area contributed by atoms with Gasteiger partial charge in [-0.05, 0) is 47.2 Å². The Hall–Kier alpha value is -1.75. The second-order valence-corrected chi connectivity index (χ2v) is 6.93. The zero-order chi connectivity index (χ0) is 14.9. The number of carbonyl (C=O) groups excluding carboxylic acids is 1. The van der Waals surface area contributed by atoms with Crippen molar-refractivity contribution in [1.29, 1.82) is 0 Å². The first-order valence-corrected chi connectivity index (χ1v) is 8.87. The lowest BCUT2D eigenvalue weighted by atomic mass is 10.0. The zero-order valence-corrected chi connectivity index (χ0v) is 13.3. The molecule has 0 saturated heterocycles. The third-order valence-corrected chi connectivity index (χ3v) is 5.30. The van der Waals surface area contributed by atoms with E-state index in [2.05, 4.69) is 15.3 Å². The van der Waals surface area contributed by atoms with Crippen molar-refractivity contribution in [3.8, 4) is 0 Å². The number of fused-ring (bicyclic) bond motifs is 1. The van der Waals surface area contributed by atoms with Gasteiger partial charge in [-0.1, -0.05) is 0 Å². The molecule has 0 aromatic carbocycles. The van der Waals surface area contributed by atoms with Crippen LogP contribution in [0.1, 0.15) is 41.3 Å². The van der Waals surface area contributed by atoms with Crippen molar-refractivity contribution in [1.82, 2.24) is 14.9 Å². The fraction of sp³-hybridized carbons (Fsp3) is 0.471. The fourth-order valence-electron chi connectivity index (χ4n) is 3.19. The number of thiophene rings is 1. The van der Waals surface area contributed by atoms with Gasteiger partial charge in [0, 0.05) is 31.1 Å². The molecular formula is C17H19N3OS. The number of rotatable bonds is 3. The van der Waals surface area contributed by atoms with Gasteiger partial charge in [-0.2, -0.15) is 11.3 Å². The second-order valence-electron chi connectivity index (χ2n) is 6.15. The van der Waals surface area contributed by atoms with Gasteiger partial charge < -0.3 is 4.90 Å². The summed E-state index contributed by atoms with van der Waals surface area (Å²) in [5.41, 5.74) is 4.84. The van der Waals surface area contributed by atoms with E-state index in [1.807, 2.05) is 16.3 Å². The summed E-state index contributed by atoms with van der Waals surface area (Å²) >= 11 is 1.65. The van der Waals surface area contributed by atoms with E-state index in [0.717, 1.165) is 37.2 Å². The van der Waals surface area contributed by atoms with Crippen LogP contribution in [0.15, 0.2) is 23.2 Å². The maximum absolute atomic E-state index is 12.5. The average Bonchev–Trinajstić information content (AvgIpc) is 3.29. The van der Waals surface area contributed by atoms with Gasteiger partial charge in [0.05, 0.1) is 12.1 Å². The highest BCUT2D eigenvalue weighted by Crippen LogP contribution is 2.41. The monoisotopic (exact) mass is 313 g/mol. The van der Waals surface area contributed by atoms with E-state index in [0.29, 0.717) is 12.3 Å². The minimum Gasteiger partial charge on any atom is -0.342 e. The Balaban J connectivity index is 1.49. The van der Waals surface area contributed by atoms with Crippen molar-refractivity contribution >= 4 is 17.2 Å². The van der Waals surface area contributed by atoms with Crippen LogP contribution in [-0.4, -0.2) is 33.9 Å². The van der Waals surface area contributed by atoms with Gasteiger partial charge in [0.2, 0.25) is 5.91 Å². The molecule has 1 amide bonds. The topological polar surface area (TPSA) is 46.1 Å². The first-order chi connectivity index (χ1) is 10.8. The van der Waals surface area contributed by atoms with Crippen molar-refractivity contribution in [3.05, 3.63) is 45.7 Å². The molecule has 0 bridgehead atoms. The highest BCUT2D eigenvalue weighted by molar-refractivity contribution is 7.07. The molecule has 2 aromatic heterocycles. The molecule has 0 radical (unpaired) electrons. The molecule has 0 spiro atoms. The van der Waals surface area contributed by atoms with Gasteiger partial charge in [0.25, 0.3) is 0 Å². The van der Waals surface area contributed by atoms with Gasteiger partial charge in [0.1, 0.15) is 6.33 Å². The molecule has 1 aliphatic carbocycles. The summed E-state index contributed by atoms with van der Waals surface area (Å²) in [6, 6.07) is 2.03. The zero-order valence-electron chi connectivity index (χ0n) is 12.5. The molecule has 1 fully saturated rings. The Morgan fingerprint density at radius 2 is 2.14 bits per heavy atom.